The summed E-state index contributed by atoms with van der Waals surface area (Å²) in [6.45, 7) is 8.74. The van der Waals surface area contributed by atoms with Crippen LogP contribution in [-0.4, -0.2) is 11.7 Å². The lowest BCUT2D eigenvalue weighted by molar-refractivity contribution is 0.107. The maximum atomic E-state index is 10.2. The van der Waals surface area contributed by atoms with E-state index in [1.165, 1.54) is 11.1 Å². The van der Waals surface area contributed by atoms with Crippen molar-refractivity contribution in [3.05, 3.63) is 64.7 Å². The van der Waals surface area contributed by atoms with E-state index in [1.807, 2.05) is 43.3 Å². The molecule has 1 N–H and O–H groups in total. The van der Waals surface area contributed by atoms with E-state index in [9.17, 15) is 5.11 Å². The molecule has 2 aromatic carbocycles. The lowest BCUT2D eigenvalue weighted by atomic mass is 9.98. The molecule has 0 aliphatic rings. The molecule has 0 saturated heterocycles. The van der Waals surface area contributed by atoms with Gasteiger partial charge in [-0.15, -0.1) is 0 Å². The number of aliphatic hydroxyl groups excluding tert-OH is 1. The standard InChI is InChI=1S/C19H24O2/c1-13(2)17-10-9-16(11-15(17)4)21-12-19(20)18-8-6-5-7-14(18)3/h5-11,13,19-20H,12H2,1-4H3. The molecule has 0 spiro atoms. The molecule has 0 aliphatic heterocycles. The smallest absolute Gasteiger partial charge is 0.119 e. The van der Waals surface area contributed by atoms with Gasteiger partial charge in [-0.25, -0.2) is 0 Å². The Hall–Kier alpha value is -1.80. The lowest BCUT2D eigenvalue weighted by Gasteiger charge is -2.16. The molecule has 21 heavy (non-hydrogen) atoms. The molecule has 112 valence electrons. The van der Waals surface area contributed by atoms with Gasteiger partial charge in [0.2, 0.25) is 0 Å². The van der Waals surface area contributed by atoms with Gasteiger partial charge < -0.3 is 9.84 Å². The van der Waals surface area contributed by atoms with Crippen molar-refractivity contribution in [3.8, 4) is 5.75 Å². The maximum Gasteiger partial charge on any atom is 0.119 e. The van der Waals surface area contributed by atoms with E-state index in [4.69, 9.17) is 4.74 Å². The first kappa shape index (κ1) is 15.6. The van der Waals surface area contributed by atoms with Crippen molar-refractivity contribution in [2.45, 2.75) is 39.7 Å². The fourth-order valence-corrected chi connectivity index (χ4v) is 2.61. The number of rotatable bonds is 5. The zero-order valence-electron chi connectivity index (χ0n) is 13.3. The van der Waals surface area contributed by atoms with Crippen molar-refractivity contribution in [2.75, 3.05) is 6.61 Å². The lowest BCUT2D eigenvalue weighted by Crippen LogP contribution is -2.11. The molecule has 0 bridgehead atoms. The van der Waals surface area contributed by atoms with Crippen LogP contribution < -0.4 is 4.74 Å². The number of hydrogen-bond donors (Lipinski definition) is 1. The Morgan fingerprint density at radius 1 is 0.952 bits per heavy atom. The van der Waals surface area contributed by atoms with Crippen LogP contribution in [0.5, 0.6) is 5.75 Å². The van der Waals surface area contributed by atoms with Gasteiger partial charge in [-0.2, -0.15) is 0 Å². The summed E-state index contributed by atoms with van der Waals surface area (Å²) in [5, 5.41) is 10.2. The highest BCUT2D eigenvalue weighted by atomic mass is 16.5. The van der Waals surface area contributed by atoms with Gasteiger partial charge in [-0.05, 0) is 54.2 Å². The van der Waals surface area contributed by atoms with Gasteiger partial charge in [-0.1, -0.05) is 44.2 Å². The van der Waals surface area contributed by atoms with Gasteiger partial charge in [0.1, 0.15) is 18.5 Å². The number of aryl methyl sites for hydroxylation is 2. The van der Waals surface area contributed by atoms with E-state index >= 15 is 0 Å². The maximum absolute atomic E-state index is 10.2. The Kier molecular flexibility index (Phi) is 5.03. The van der Waals surface area contributed by atoms with Gasteiger partial charge >= 0.3 is 0 Å². The Bertz CT molecular complexity index is 602. The molecule has 0 aromatic heterocycles. The molecule has 0 saturated carbocycles. The van der Waals surface area contributed by atoms with E-state index in [0.29, 0.717) is 5.92 Å². The fraction of sp³-hybridized carbons (Fsp3) is 0.368. The van der Waals surface area contributed by atoms with Crippen LogP contribution in [0.3, 0.4) is 0 Å². The highest BCUT2D eigenvalue weighted by molar-refractivity contribution is 5.36. The van der Waals surface area contributed by atoms with Gasteiger partial charge in [-0.3, -0.25) is 0 Å². The van der Waals surface area contributed by atoms with Crippen LogP contribution >= 0.6 is 0 Å². The Balaban J connectivity index is 2.03. The largest absolute Gasteiger partial charge is 0.491 e. The van der Waals surface area contributed by atoms with E-state index in [0.717, 1.165) is 16.9 Å². The second-order valence-corrected chi connectivity index (χ2v) is 5.86. The van der Waals surface area contributed by atoms with E-state index in [-0.39, 0.29) is 6.61 Å². The minimum absolute atomic E-state index is 0.269. The van der Waals surface area contributed by atoms with Crippen LogP contribution in [0.15, 0.2) is 42.5 Å². The quantitative estimate of drug-likeness (QED) is 0.873. The van der Waals surface area contributed by atoms with Crippen molar-refractivity contribution < 1.29 is 9.84 Å². The second-order valence-electron chi connectivity index (χ2n) is 5.86. The Labute approximate surface area is 127 Å². The van der Waals surface area contributed by atoms with Crippen LogP contribution in [-0.2, 0) is 0 Å². The number of benzene rings is 2. The SMILES string of the molecule is Cc1cc(OCC(O)c2ccccc2C)ccc1C(C)C. The summed E-state index contributed by atoms with van der Waals surface area (Å²) in [6, 6.07) is 14.0. The normalized spacial score (nSPS) is 12.5. The first-order valence-electron chi connectivity index (χ1n) is 7.46. The van der Waals surface area contributed by atoms with Gasteiger partial charge in [0.05, 0.1) is 0 Å². The summed E-state index contributed by atoms with van der Waals surface area (Å²) in [5.74, 6) is 1.32. The molecule has 2 heteroatoms. The van der Waals surface area contributed by atoms with E-state index < -0.39 is 6.10 Å². The first-order chi connectivity index (χ1) is 9.99. The van der Waals surface area contributed by atoms with Gasteiger partial charge in [0.25, 0.3) is 0 Å². The number of aliphatic hydroxyl groups is 1. The summed E-state index contributed by atoms with van der Waals surface area (Å²) < 4.78 is 5.74. The summed E-state index contributed by atoms with van der Waals surface area (Å²) in [7, 11) is 0. The van der Waals surface area contributed by atoms with E-state index in [1.54, 1.807) is 0 Å². The molecule has 0 aliphatic carbocycles. The molecule has 0 fully saturated rings. The zero-order chi connectivity index (χ0) is 15.4. The third kappa shape index (κ3) is 3.85. The molecular formula is C19H24O2. The van der Waals surface area contributed by atoms with Gasteiger partial charge in [0, 0.05) is 0 Å². The minimum Gasteiger partial charge on any atom is -0.491 e. The molecule has 0 heterocycles. The minimum atomic E-state index is -0.601. The van der Waals surface area contributed by atoms with Crippen molar-refractivity contribution in [1.29, 1.82) is 0 Å². The Morgan fingerprint density at radius 3 is 2.29 bits per heavy atom. The summed E-state index contributed by atoms with van der Waals surface area (Å²) >= 11 is 0. The summed E-state index contributed by atoms with van der Waals surface area (Å²) in [5.41, 5.74) is 4.57. The topological polar surface area (TPSA) is 29.5 Å². The molecule has 2 rings (SSSR count). The highest BCUT2D eigenvalue weighted by Gasteiger charge is 2.11. The molecule has 0 radical (unpaired) electrons. The second kappa shape index (κ2) is 6.77. The average molecular weight is 284 g/mol. The summed E-state index contributed by atoms with van der Waals surface area (Å²) in [4.78, 5) is 0. The zero-order valence-corrected chi connectivity index (χ0v) is 13.3. The highest BCUT2D eigenvalue weighted by Crippen LogP contribution is 2.25. The molecule has 0 amide bonds. The molecular weight excluding hydrogens is 260 g/mol. The number of ether oxygens (including phenoxy) is 1. The van der Waals surface area contributed by atoms with E-state index in [2.05, 4.69) is 26.8 Å². The average Bonchev–Trinajstić information content (AvgIpc) is 2.45. The Morgan fingerprint density at radius 2 is 1.67 bits per heavy atom. The van der Waals surface area contributed by atoms with Crippen molar-refractivity contribution in [2.24, 2.45) is 0 Å². The summed E-state index contributed by atoms with van der Waals surface area (Å²) in [6.07, 6.45) is -0.601. The number of hydrogen-bond acceptors (Lipinski definition) is 2. The monoisotopic (exact) mass is 284 g/mol. The first-order valence-corrected chi connectivity index (χ1v) is 7.46. The third-order valence-electron chi connectivity index (χ3n) is 3.82. The molecule has 2 nitrogen and oxygen atoms in total. The van der Waals surface area contributed by atoms with Crippen LogP contribution in [0.2, 0.25) is 0 Å². The third-order valence-corrected chi connectivity index (χ3v) is 3.82. The van der Waals surface area contributed by atoms with Gasteiger partial charge in [0.15, 0.2) is 0 Å². The van der Waals surface area contributed by atoms with Crippen LogP contribution in [0.1, 0.15) is 48.1 Å². The predicted octanol–water partition coefficient (Wildman–Crippen LogP) is 4.54. The van der Waals surface area contributed by atoms with Crippen molar-refractivity contribution >= 4 is 0 Å². The van der Waals surface area contributed by atoms with Crippen LogP contribution in [0.4, 0.5) is 0 Å². The predicted molar refractivity (Wildman–Crippen MR) is 86.9 cm³/mol. The fourth-order valence-electron chi connectivity index (χ4n) is 2.61. The molecule has 1 unspecified atom stereocenters. The van der Waals surface area contributed by atoms with Crippen LogP contribution in [0, 0.1) is 13.8 Å². The molecule has 1 atom stereocenters. The molecule has 2 aromatic rings. The van der Waals surface area contributed by atoms with Crippen LogP contribution in [0.25, 0.3) is 0 Å². The van der Waals surface area contributed by atoms with Crippen molar-refractivity contribution in [1.82, 2.24) is 0 Å². The van der Waals surface area contributed by atoms with Crippen molar-refractivity contribution in [3.63, 3.8) is 0 Å².